The fraction of sp³-hybridized carbons (Fsp3) is 0.273. The molecule has 1 fully saturated rings. The Balaban J connectivity index is 1.73. The number of aromatic nitrogens is 2. The number of aliphatic hydroxyl groups excluding tert-OH is 1. The van der Waals surface area contributed by atoms with E-state index in [9.17, 15) is 4.79 Å². The molecule has 0 aliphatic heterocycles. The number of amides is 1. The van der Waals surface area contributed by atoms with Crippen molar-refractivity contribution < 1.29 is 19.1 Å². The molecule has 10 heteroatoms. The number of nitrogens with zero attached hydrogens (tertiary/aromatic N) is 2. The Labute approximate surface area is 197 Å². The number of allylic oxidation sites excluding steroid dienone is 1. The zero-order valence-corrected chi connectivity index (χ0v) is 19.3. The summed E-state index contributed by atoms with van der Waals surface area (Å²) < 4.78 is 18.1. The number of carbonyl (C=O) groups excluding carboxylic acids is 1. The van der Waals surface area contributed by atoms with E-state index in [1.807, 2.05) is 0 Å². The van der Waals surface area contributed by atoms with E-state index in [1.165, 1.54) is 12.6 Å². The lowest BCUT2D eigenvalue weighted by atomic mass is 10.1. The summed E-state index contributed by atoms with van der Waals surface area (Å²) in [5.74, 6) is -1.28. The lowest BCUT2D eigenvalue weighted by Crippen LogP contribution is -2.23. The highest BCUT2D eigenvalue weighted by Gasteiger charge is 2.23. The Kier molecular flexibility index (Phi) is 6.98. The molecule has 1 aliphatic rings. The van der Waals surface area contributed by atoms with Gasteiger partial charge in [0.25, 0.3) is 5.91 Å². The summed E-state index contributed by atoms with van der Waals surface area (Å²) in [6.07, 6.45) is 6.20. The molecule has 168 valence electrons. The SMILES string of the molecule is O=C(NOC=C1CC1)c1cc2c(ncn2CCCCO)c(F)c1Nc1ccc(Br)cc1Cl. The van der Waals surface area contributed by atoms with Gasteiger partial charge in [0.15, 0.2) is 5.82 Å². The van der Waals surface area contributed by atoms with E-state index in [1.54, 1.807) is 28.8 Å². The highest BCUT2D eigenvalue weighted by Crippen LogP contribution is 2.34. The lowest BCUT2D eigenvalue weighted by Gasteiger charge is -2.15. The van der Waals surface area contributed by atoms with Crippen LogP contribution in [-0.2, 0) is 11.4 Å². The average molecular weight is 524 g/mol. The molecular weight excluding hydrogens is 503 g/mol. The smallest absolute Gasteiger partial charge is 0.286 e. The number of carbonyl (C=O) groups is 1. The molecule has 3 aromatic rings. The van der Waals surface area contributed by atoms with Crippen molar-refractivity contribution in [3.8, 4) is 0 Å². The molecule has 0 atom stereocenters. The third-order valence-electron chi connectivity index (χ3n) is 5.01. The van der Waals surface area contributed by atoms with E-state index in [-0.39, 0.29) is 23.4 Å². The number of unbranched alkanes of at least 4 members (excludes halogenated alkanes) is 1. The zero-order valence-electron chi connectivity index (χ0n) is 17.0. The van der Waals surface area contributed by atoms with Gasteiger partial charge in [0.1, 0.15) is 11.8 Å². The number of hydroxylamine groups is 1. The van der Waals surface area contributed by atoms with Crippen molar-refractivity contribution in [1.29, 1.82) is 0 Å². The monoisotopic (exact) mass is 522 g/mol. The summed E-state index contributed by atoms with van der Waals surface area (Å²) in [5, 5.41) is 12.3. The first-order chi connectivity index (χ1) is 15.5. The van der Waals surface area contributed by atoms with Crippen LogP contribution in [-0.4, -0.2) is 27.2 Å². The van der Waals surface area contributed by atoms with Crippen LogP contribution in [0.25, 0.3) is 11.0 Å². The summed E-state index contributed by atoms with van der Waals surface area (Å²) >= 11 is 9.63. The largest absolute Gasteiger partial charge is 0.396 e. The van der Waals surface area contributed by atoms with Crippen LogP contribution in [0.1, 0.15) is 36.0 Å². The first-order valence-corrected chi connectivity index (χ1v) is 11.3. The Hall–Kier alpha value is -2.62. The number of fused-ring (bicyclic) bond motifs is 1. The number of aliphatic hydroxyl groups is 1. The quantitative estimate of drug-likeness (QED) is 0.197. The molecule has 32 heavy (non-hydrogen) atoms. The molecule has 0 radical (unpaired) electrons. The van der Waals surface area contributed by atoms with Gasteiger partial charge in [-0.15, -0.1) is 0 Å². The van der Waals surface area contributed by atoms with Gasteiger partial charge in [0, 0.05) is 17.6 Å². The molecule has 7 nitrogen and oxygen atoms in total. The highest BCUT2D eigenvalue weighted by molar-refractivity contribution is 9.10. The Bertz CT molecular complexity index is 1190. The number of nitrogens with one attached hydrogen (secondary N) is 2. The molecule has 0 bridgehead atoms. The van der Waals surface area contributed by atoms with Gasteiger partial charge in [0.2, 0.25) is 0 Å². The maximum Gasteiger partial charge on any atom is 0.286 e. The number of halogens is 3. The standard InChI is InChI=1S/C22H21BrClFN4O3/c23-14-5-6-17(16(24)9-14)27-20-15(22(31)28-32-11-13-3-4-13)10-18-21(19(20)25)26-12-29(18)7-1-2-8-30/h5-6,9-12,27,30H,1-4,7-8H2,(H,28,31). The van der Waals surface area contributed by atoms with E-state index >= 15 is 4.39 Å². The van der Waals surface area contributed by atoms with Crippen LogP contribution >= 0.6 is 27.5 Å². The van der Waals surface area contributed by atoms with Crippen molar-refractivity contribution in [1.82, 2.24) is 15.0 Å². The minimum atomic E-state index is -0.673. The number of rotatable bonds is 9. The van der Waals surface area contributed by atoms with Gasteiger partial charge in [-0.2, -0.15) is 5.48 Å². The second-order valence-electron chi connectivity index (χ2n) is 7.42. The third kappa shape index (κ3) is 5.06. The molecule has 2 aromatic carbocycles. The predicted octanol–water partition coefficient (Wildman–Crippen LogP) is 5.45. The molecule has 0 unspecified atom stereocenters. The molecule has 1 aliphatic carbocycles. The van der Waals surface area contributed by atoms with E-state index in [4.69, 9.17) is 21.5 Å². The highest BCUT2D eigenvalue weighted by atomic mass is 79.9. The Morgan fingerprint density at radius 1 is 1.34 bits per heavy atom. The van der Waals surface area contributed by atoms with Gasteiger partial charge in [-0.05, 0) is 55.5 Å². The van der Waals surface area contributed by atoms with Gasteiger partial charge in [-0.1, -0.05) is 27.5 Å². The van der Waals surface area contributed by atoms with Gasteiger partial charge in [-0.25, -0.2) is 9.37 Å². The predicted molar refractivity (Wildman–Crippen MR) is 124 cm³/mol. The van der Waals surface area contributed by atoms with Gasteiger partial charge in [-0.3, -0.25) is 4.79 Å². The van der Waals surface area contributed by atoms with Crippen molar-refractivity contribution >= 4 is 55.8 Å². The number of imidazole rings is 1. The summed E-state index contributed by atoms with van der Waals surface area (Å²) in [7, 11) is 0. The molecule has 1 amide bonds. The molecule has 4 rings (SSSR count). The second kappa shape index (κ2) is 9.89. The second-order valence-corrected chi connectivity index (χ2v) is 8.75. The van der Waals surface area contributed by atoms with Crippen molar-refractivity contribution in [2.24, 2.45) is 0 Å². The summed E-state index contributed by atoms with van der Waals surface area (Å²) in [6.45, 7) is 0.606. The van der Waals surface area contributed by atoms with Gasteiger partial charge < -0.3 is 19.8 Å². The molecule has 0 spiro atoms. The molecule has 0 saturated heterocycles. The lowest BCUT2D eigenvalue weighted by molar-refractivity contribution is 0.0654. The van der Waals surface area contributed by atoms with E-state index in [0.717, 1.165) is 22.9 Å². The van der Waals surface area contributed by atoms with E-state index in [2.05, 4.69) is 31.7 Å². The fourth-order valence-corrected chi connectivity index (χ4v) is 3.89. The summed E-state index contributed by atoms with van der Waals surface area (Å²) in [6, 6.07) is 6.67. The van der Waals surface area contributed by atoms with Crippen LogP contribution in [0.15, 0.2) is 46.9 Å². The normalized spacial score (nSPS) is 12.7. The first kappa shape index (κ1) is 22.6. The molecular formula is C22H21BrClFN4O3. The topological polar surface area (TPSA) is 88.4 Å². The molecule has 3 N–H and O–H groups in total. The van der Waals surface area contributed by atoms with Crippen LogP contribution in [0, 0.1) is 5.82 Å². The number of aryl methyl sites for hydroxylation is 1. The van der Waals surface area contributed by atoms with Gasteiger partial charge >= 0.3 is 0 Å². The number of benzene rings is 2. The van der Waals surface area contributed by atoms with Crippen LogP contribution in [0.2, 0.25) is 5.02 Å². The van der Waals surface area contributed by atoms with Crippen LogP contribution in [0.5, 0.6) is 0 Å². The zero-order chi connectivity index (χ0) is 22.7. The summed E-state index contributed by atoms with van der Waals surface area (Å²) in [4.78, 5) is 22.3. The maximum atomic E-state index is 15.6. The summed E-state index contributed by atoms with van der Waals surface area (Å²) in [5.41, 5.74) is 4.47. The minimum absolute atomic E-state index is 0.0482. The maximum absolute atomic E-state index is 15.6. The number of hydrogen-bond donors (Lipinski definition) is 3. The first-order valence-electron chi connectivity index (χ1n) is 10.1. The van der Waals surface area contributed by atoms with Crippen LogP contribution in [0.4, 0.5) is 15.8 Å². The molecule has 1 aromatic heterocycles. The van der Waals surface area contributed by atoms with Crippen molar-refractivity contribution in [2.45, 2.75) is 32.2 Å². The van der Waals surface area contributed by atoms with Crippen molar-refractivity contribution in [3.05, 3.63) is 63.3 Å². The van der Waals surface area contributed by atoms with E-state index < -0.39 is 11.7 Å². The minimum Gasteiger partial charge on any atom is -0.396 e. The Morgan fingerprint density at radius 3 is 2.88 bits per heavy atom. The fourth-order valence-electron chi connectivity index (χ4n) is 3.17. The third-order valence-corrected chi connectivity index (χ3v) is 5.82. The molecule has 1 saturated carbocycles. The van der Waals surface area contributed by atoms with Gasteiger partial charge in [0.05, 0.1) is 33.8 Å². The number of hydrogen-bond acceptors (Lipinski definition) is 5. The van der Waals surface area contributed by atoms with Crippen molar-refractivity contribution in [2.75, 3.05) is 11.9 Å². The number of anilines is 2. The van der Waals surface area contributed by atoms with Crippen LogP contribution in [0.3, 0.4) is 0 Å². The molecule has 1 heterocycles. The van der Waals surface area contributed by atoms with Crippen LogP contribution < -0.4 is 10.8 Å². The van der Waals surface area contributed by atoms with Crippen molar-refractivity contribution in [3.63, 3.8) is 0 Å². The van der Waals surface area contributed by atoms with E-state index in [0.29, 0.717) is 35.6 Å². The average Bonchev–Trinajstić information content (AvgIpc) is 3.50. The Morgan fingerprint density at radius 2 is 2.16 bits per heavy atom.